The van der Waals surface area contributed by atoms with E-state index in [4.69, 9.17) is 24.3 Å². The zero-order valence-electron chi connectivity index (χ0n) is 33.2. The number of nitrogens with two attached hydrogens (primary N) is 1. The molecule has 9 nitrogen and oxygen atoms in total. The van der Waals surface area contributed by atoms with Crippen molar-refractivity contribution in [2.24, 2.45) is 5.73 Å². The number of rotatable bonds is 37. The molecular weight excluding hydrogens is 689 g/mol. The Balaban J connectivity index is 4.28. The van der Waals surface area contributed by atoms with Gasteiger partial charge in [-0.2, -0.15) is 0 Å². The van der Waals surface area contributed by atoms with Crippen molar-refractivity contribution in [2.75, 3.05) is 26.4 Å². The summed E-state index contributed by atoms with van der Waals surface area (Å²) in [4.78, 5) is 34.8. The molecule has 2 atom stereocenters. The molecule has 0 aromatic heterocycles. The molecule has 53 heavy (non-hydrogen) atoms. The molecule has 0 fully saturated rings. The third-order valence-electron chi connectivity index (χ3n) is 8.08. The standard InChI is InChI=1S/C43H74NO8P/c1-3-5-7-9-11-13-15-17-19-20-22-24-26-28-30-32-34-36-43(46)52-41(40-51-53(47,48)50-38-37-44)39-49-42(45)35-33-31-29-27-25-23-21-18-16-14-12-10-8-6-4-2/h5,7,11-14,17-19,21-22,24,41H,3-4,6,8-10,15-16,20,23,25-40,44H2,1-2H3,(H,47,48). The number of esters is 2. The van der Waals surface area contributed by atoms with Gasteiger partial charge in [-0.15, -0.1) is 0 Å². The van der Waals surface area contributed by atoms with Crippen LogP contribution in [0, 0.1) is 0 Å². The van der Waals surface area contributed by atoms with E-state index in [9.17, 15) is 19.0 Å². The number of unbranched alkanes of at least 4 members (excludes halogenated alkanes) is 12. The van der Waals surface area contributed by atoms with Gasteiger partial charge in [0.05, 0.1) is 13.2 Å². The minimum absolute atomic E-state index is 0.0432. The minimum Gasteiger partial charge on any atom is -0.462 e. The molecule has 3 N–H and O–H groups in total. The van der Waals surface area contributed by atoms with Crippen molar-refractivity contribution in [1.82, 2.24) is 0 Å². The number of carbonyl (C=O) groups is 2. The zero-order valence-corrected chi connectivity index (χ0v) is 34.1. The maximum atomic E-state index is 12.6. The summed E-state index contributed by atoms with van der Waals surface area (Å²) in [6, 6.07) is 0. The molecule has 0 rings (SSSR count). The maximum Gasteiger partial charge on any atom is 0.472 e. The average molecular weight is 764 g/mol. The van der Waals surface area contributed by atoms with E-state index in [0.717, 1.165) is 89.9 Å². The van der Waals surface area contributed by atoms with E-state index in [1.165, 1.54) is 25.7 Å². The molecule has 0 bridgehead atoms. The molecular formula is C43H74NO8P. The molecule has 0 saturated heterocycles. The minimum atomic E-state index is -4.39. The van der Waals surface area contributed by atoms with Crippen molar-refractivity contribution >= 4 is 19.8 Å². The fourth-order valence-electron chi connectivity index (χ4n) is 5.07. The molecule has 0 heterocycles. The van der Waals surface area contributed by atoms with Crippen molar-refractivity contribution in [2.45, 2.75) is 161 Å². The van der Waals surface area contributed by atoms with Crippen LogP contribution in [0.1, 0.15) is 155 Å². The van der Waals surface area contributed by atoms with Gasteiger partial charge in [0.25, 0.3) is 0 Å². The molecule has 0 aromatic carbocycles. The quantitative estimate of drug-likeness (QED) is 0.0274. The molecule has 10 heteroatoms. The Bertz CT molecular complexity index is 1100. The number of carbonyl (C=O) groups excluding carboxylic acids is 2. The number of ether oxygens (including phenoxy) is 2. The summed E-state index contributed by atoms with van der Waals surface area (Å²) >= 11 is 0. The Morgan fingerprint density at radius 2 is 1.04 bits per heavy atom. The van der Waals surface area contributed by atoms with E-state index in [2.05, 4.69) is 86.8 Å². The molecule has 0 radical (unpaired) electrons. The number of allylic oxidation sites excluding steroid dienone is 12. The molecule has 0 spiro atoms. The summed E-state index contributed by atoms with van der Waals surface area (Å²) in [6.07, 6.45) is 46.4. The van der Waals surface area contributed by atoms with E-state index >= 15 is 0 Å². The Labute approximate surface area is 322 Å². The van der Waals surface area contributed by atoms with Crippen LogP contribution in [0.4, 0.5) is 0 Å². The first-order chi connectivity index (χ1) is 25.8. The summed E-state index contributed by atoms with van der Waals surface area (Å²) in [5.41, 5.74) is 5.34. The lowest BCUT2D eigenvalue weighted by Gasteiger charge is -2.19. The summed E-state index contributed by atoms with van der Waals surface area (Å²) in [7, 11) is -4.39. The maximum absolute atomic E-state index is 12.6. The van der Waals surface area contributed by atoms with Crippen LogP contribution in [-0.2, 0) is 32.7 Å². The van der Waals surface area contributed by atoms with Crippen molar-refractivity contribution in [3.63, 3.8) is 0 Å². The summed E-state index contributed by atoms with van der Waals surface area (Å²) < 4.78 is 32.7. The molecule has 304 valence electrons. The van der Waals surface area contributed by atoms with Gasteiger partial charge < -0.3 is 20.1 Å². The second-order valence-electron chi connectivity index (χ2n) is 13.1. The van der Waals surface area contributed by atoms with Gasteiger partial charge >= 0.3 is 19.8 Å². The molecule has 0 amide bonds. The predicted octanol–water partition coefficient (Wildman–Crippen LogP) is 11.5. The average Bonchev–Trinajstić information content (AvgIpc) is 3.14. The van der Waals surface area contributed by atoms with Crippen LogP contribution in [0.3, 0.4) is 0 Å². The first kappa shape index (κ1) is 50.5. The Morgan fingerprint density at radius 3 is 1.55 bits per heavy atom. The van der Waals surface area contributed by atoms with Gasteiger partial charge in [0, 0.05) is 19.4 Å². The molecule has 2 unspecified atom stereocenters. The van der Waals surface area contributed by atoms with Crippen molar-refractivity contribution in [3.05, 3.63) is 72.9 Å². The number of hydrogen-bond donors (Lipinski definition) is 2. The first-order valence-corrected chi connectivity index (χ1v) is 21.9. The van der Waals surface area contributed by atoms with Gasteiger partial charge in [-0.05, 0) is 83.5 Å². The van der Waals surface area contributed by atoms with Crippen molar-refractivity contribution in [1.29, 1.82) is 0 Å². The lowest BCUT2D eigenvalue weighted by Crippen LogP contribution is -2.29. The second kappa shape index (κ2) is 39.2. The third kappa shape index (κ3) is 39.0. The largest absolute Gasteiger partial charge is 0.472 e. The zero-order chi connectivity index (χ0) is 38.9. The van der Waals surface area contributed by atoms with Crippen LogP contribution >= 0.6 is 7.82 Å². The smallest absolute Gasteiger partial charge is 0.462 e. The van der Waals surface area contributed by atoms with Gasteiger partial charge in [-0.25, -0.2) is 4.57 Å². The van der Waals surface area contributed by atoms with E-state index in [0.29, 0.717) is 12.8 Å². The number of phosphoric acid groups is 1. The summed E-state index contributed by atoms with van der Waals surface area (Å²) in [5, 5.41) is 0. The van der Waals surface area contributed by atoms with Crippen molar-refractivity contribution < 1.29 is 37.6 Å². The highest BCUT2D eigenvalue weighted by Crippen LogP contribution is 2.43. The van der Waals surface area contributed by atoms with Crippen LogP contribution < -0.4 is 5.73 Å². The summed E-state index contributed by atoms with van der Waals surface area (Å²) in [5.74, 6) is -0.880. The summed E-state index contributed by atoms with van der Waals surface area (Å²) in [6.45, 7) is 3.52. The molecule has 0 aromatic rings. The van der Waals surface area contributed by atoms with Crippen LogP contribution in [0.25, 0.3) is 0 Å². The highest BCUT2D eigenvalue weighted by Gasteiger charge is 2.25. The van der Waals surface area contributed by atoms with Crippen molar-refractivity contribution in [3.8, 4) is 0 Å². The Kier molecular flexibility index (Phi) is 37.3. The molecule has 0 aliphatic rings. The van der Waals surface area contributed by atoms with E-state index < -0.39 is 32.5 Å². The van der Waals surface area contributed by atoms with Crippen LogP contribution in [0.5, 0.6) is 0 Å². The fraction of sp³-hybridized carbons (Fsp3) is 0.674. The normalized spacial score (nSPS) is 14.1. The molecule has 0 saturated carbocycles. The monoisotopic (exact) mass is 764 g/mol. The van der Waals surface area contributed by atoms with E-state index in [1.54, 1.807) is 0 Å². The predicted molar refractivity (Wildman–Crippen MR) is 219 cm³/mol. The third-order valence-corrected chi connectivity index (χ3v) is 9.06. The Hall–Kier alpha value is -2.55. The lowest BCUT2D eigenvalue weighted by atomic mass is 10.1. The van der Waals surface area contributed by atoms with Crippen LogP contribution in [0.2, 0.25) is 0 Å². The van der Waals surface area contributed by atoms with E-state index in [1.807, 2.05) is 0 Å². The van der Waals surface area contributed by atoms with Gasteiger partial charge in [0.2, 0.25) is 0 Å². The molecule has 0 aliphatic heterocycles. The van der Waals surface area contributed by atoms with Crippen LogP contribution in [-0.4, -0.2) is 49.3 Å². The lowest BCUT2D eigenvalue weighted by molar-refractivity contribution is -0.161. The van der Waals surface area contributed by atoms with Gasteiger partial charge in [-0.3, -0.25) is 18.6 Å². The first-order valence-electron chi connectivity index (χ1n) is 20.4. The second-order valence-corrected chi connectivity index (χ2v) is 14.6. The highest BCUT2D eigenvalue weighted by molar-refractivity contribution is 7.47. The van der Waals surface area contributed by atoms with Crippen LogP contribution in [0.15, 0.2) is 72.9 Å². The SMILES string of the molecule is CCC=CCC=CCC=CCC=CCCCCCCC(=O)OC(COC(=O)CCCCCCCC=CCC=CCCCCC)COP(=O)(O)OCCN. The van der Waals surface area contributed by atoms with Gasteiger partial charge in [0.1, 0.15) is 6.61 Å². The topological polar surface area (TPSA) is 134 Å². The number of phosphoric ester groups is 1. The number of hydrogen-bond acceptors (Lipinski definition) is 8. The highest BCUT2D eigenvalue weighted by atomic mass is 31.2. The molecule has 0 aliphatic carbocycles. The van der Waals surface area contributed by atoms with E-state index in [-0.39, 0.29) is 32.6 Å². The fourth-order valence-corrected chi connectivity index (χ4v) is 5.83. The Morgan fingerprint density at radius 1 is 0.585 bits per heavy atom. The van der Waals surface area contributed by atoms with Gasteiger partial charge in [-0.1, -0.05) is 132 Å². The van der Waals surface area contributed by atoms with Gasteiger partial charge in [0.15, 0.2) is 6.10 Å².